The molecule has 1 aromatic heterocycles. The molecule has 0 spiro atoms. The number of carbonyl (C=O) groups excluding carboxylic acids is 1. The van der Waals surface area contributed by atoms with Gasteiger partial charge in [-0.05, 0) is 43.2 Å². The summed E-state index contributed by atoms with van der Waals surface area (Å²) in [6, 6.07) is 9.17. The first-order valence-electron chi connectivity index (χ1n) is 7.80. The summed E-state index contributed by atoms with van der Waals surface area (Å²) >= 11 is 0. The molecule has 6 heteroatoms. The standard InChI is InChI=1S/C17H24N4O2/c1-4-17(5-2,12-18)19-16(22)15-10-11-21(20-15)13-6-8-14(23-3)9-7-13/h6-11H,4-5,12,18H2,1-3H3,(H,19,22). The van der Waals surface area contributed by atoms with Crippen LogP contribution in [0.25, 0.3) is 5.69 Å². The van der Waals surface area contributed by atoms with Crippen LogP contribution >= 0.6 is 0 Å². The minimum atomic E-state index is -0.374. The molecule has 23 heavy (non-hydrogen) atoms. The number of rotatable bonds is 7. The lowest BCUT2D eigenvalue weighted by Gasteiger charge is -2.31. The van der Waals surface area contributed by atoms with Gasteiger partial charge in [0.25, 0.3) is 5.91 Å². The number of nitrogens with two attached hydrogens (primary N) is 1. The molecule has 0 fully saturated rings. The Hall–Kier alpha value is -2.34. The fourth-order valence-corrected chi connectivity index (χ4v) is 2.40. The summed E-state index contributed by atoms with van der Waals surface area (Å²) in [5.74, 6) is 0.573. The number of nitrogens with zero attached hydrogens (tertiary/aromatic N) is 2. The number of amides is 1. The molecule has 0 aliphatic carbocycles. The first-order valence-corrected chi connectivity index (χ1v) is 7.80. The second kappa shape index (κ2) is 7.28. The van der Waals surface area contributed by atoms with E-state index in [0.29, 0.717) is 12.2 Å². The number of hydrogen-bond acceptors (Lipinski definition) is 4. The van der Waals surface area contributed by atoms with Gasteiger partial charge in [-0.15, -0.1) is 0 Å². The minimum Gasteiger partial charge on any atom is -0.497 e. The van der Waals surface area contributed by atoms with Gasteiger partial charge in [0.15, 0.2) is 5.69 Å². The first kappa shape index (κ1) is 17.0. The number of ether oxygens (including phenoxy) is 1. The molecule has 6 nitrogen and oxygen atoms in total. The molecule has 3 N–H and O–H groups in total. The van der Waals surface area contributed by atoms with Crippen LogP contribution in [0.4, 0.5) is 0 Å². The van der Waals surface area contributed by atoms with Gasteiger partial charge < -0.3 is 15.8 Å². The van der Waals surface area contributed by atoms with Crippen molar-refractivity contribution in [2.24, 2.45) is 5.73 Å². The van der Waals surface area contributed by atoms with Crippen molar-refractivity contribution < 1.29 is 9.53 Å². The van der Waals surface area contributed by atoms with E-state index in [0.717, 1.165) is 24.3 Å². The van der Waals surface area contributed by atoms with Gasteiger partial charge in [-0.2, -0.15) is 5.10 Å². The van der Waals surface area contributed by atoms with Crippen LogP contribution in [-0.2, 0) is 0 Å². The molecule has 124 valence electrons. The lowest BCUT2D eigenvalue weighted by Crippen LogP contribution is -2.53. The molecule has 0 aliphatic rings. The molecule has 1 aromatic carbocycles. The Labute approximate surface area is 136 Å². The van der Waals surface area contributed by atoms with Gasteiger partial charge >= 0.3 is 0 Å². The Morgan fingerprint density at radius 2 is 1.91 bits per heavy atom. The highest BCUT2D eigenvalue weighted by Gasteiger charge is 2.27. The second-order valence-electron chi connectivity index (χ2n) is 5.49. The maximum atomic E-state index is 12.4. The van der Waals surface area contributed by atoms with Crippen molar-refractivity contribution in [2.75, 3.05) is 13.7 Å². The Morgan fingerprint density at radius 1 is 1.26 bits per heavy atom. The molecular weight excluding hydrogens is 292 g/mol. The molecule has 0 saturated carbocycles. The van der Waals surface area contributed by atoms with Crippen molar-refractivity contribution in [1.29, 1.82) is 0 Å². The number of aromatic nitrogens is 2. The van der Waals surface area contributed by atoms with E-state index in [-0.39, 0.29) is 11.4 Å². The maximum absolute atomic E-state index is 12.4. The molecule has 1 amide bonds. The van der Waals surface area contributed by atoms with Crippen LogP contribution in [0.5, 0.6) is 5.75 Å². The van der Waals surface area contributed by atoms with Gasteiger partial charge in [-0.3, -0.25) is 4.79 Å². The largest absolute Gasteiger partial charge is 0.497 e. The summed E-state index contributed by atoms with van der Waals surface area (Å²) in [5, 5.41) is 7.37. The Morgan fingerprint density at radius 3 is 2.43 bits per heavy atom. The predicted octanol–water partition coefficient (Wildman–Crippen LogP) is 2.13. The van der Waals surface area contributed by atoms with Gasteiger partial charge in [0, 0.05) is 12.7 Å². The Bertz CT molecular complexity index is 637. The lowest BCUT2D eigenvalue weighted by molar-refractivity contribution is 0.0889. The van der Waals surface area contributed by atoms with Gasteiger partial charge in [-0.1, -0.05) is 13.8 Å². The van der Waals surface area contributed by atoms with Crippen molar-refractivity contribution >= 4 is 5.91 Å². The smallest absolute Gasteiger partial charge is 0.272 e. The molecule has 0 saturated heterocycles. The molecule has 0 bridgehead atoms. The SMILES string of the molecule is CCC(CC)(CN)NC(=O)c1ccn(-c2ccc(OC)cc2)n1. The van der Waals surface area contributed by atoms with E-state index in [1.807, 2.05) is 38.1 Å². The van der Waals surface area contributed by atoms with Gasteiger partial charge in [0.2, 0.25) is 0 Å². The summed E-state index contributed by atoms with van der Waals surface area (Å²) in [4.78, 5) is 12.4. The van der Waals surface area contributed by atoms with Gasteiger partial charge in [0.05, 0.1) is 18.3 Å². The number of nitrogens with one attached hydrogen (secondary N) is 1. The van der Waals surface area contributed by atoms with Crippen molar-refractivity contribution in [3.63, 3.8) is 0 Å². The van der Waals surface area contributed by atoms with Crippen molar-refractivity contribution in [3.8, 4) is 11.4 Å². The zero-order chi connectivity index (χ0) is 16.9. The highest BCUT2D eigenvalue weighted by atomic mass is 16.5. The number of methoxy groups -OCH3 is 1. The monoisotopic (exact) mass is 316 g/mol. The zero-order valence-corrected chi connectivity index (χ0v) is 13.9. The van der Waals surface area contributed by atoms with E-state index < -0.39 is 0 Å². The van der Waals surface area contributed by atoms with Crippen LogP contribution in [-0.4, -0.2) is 34.9 Å². The molecule has 0 unspecified atom stereocenters. The number of hydrogen-bond donors (Lipinski definition) is 2. The van der Waals surface area contributed by atoms with Gasteiger partial charge in [-0.25, -0.2) is 4.68 Å². The molecule has 0 aliphatic heterocycles. The third-order valence-corrected chi connectivity index (χ3v) is 4.28. The molecule has 2 rings (SSSR count). The van der Waals surface area contributed by atoms with Crippen LogP contribution in [0.3, 0.4) is 0 Å². The third kappa shape index (κ3) is 3.71. The normalized spacial score (nSPS) is 11.3. The minimum absolute atomic E-state index is 0.202. The predicted molar refractivity (Wildman–Crippen MR) is 89.9 cm³/mol. The average molecular weight is 316 g/mol. The van der Waals surface area contributed by atoms with E-state index in [4.69, 9.17) is 10.5 Å². The van der Waals surface area contributed by atoms with Crippen molar-refractivity contribution in [2.45, 2.75) is 32.2 Å². The quantitative estimate of drug-likeness (QED) is 0.820. The van der Waals surface area contributed by atoms with Crippen LogP contribution in [0.1, 0.15) is 37.2 Å². The number of benzene rings is 1. The van der Waals surface area contributed by atoms with Crippen LogP contribution in [0, 0.1) is 0 Å². The molecule has 0 atom stereocenters. The average Bonchev–Trinajstić information content (AvgIpc) is 3.10. The molecule has 2 aromatic rings. The lowest BCUT2D eigenvalue weighted by atomic mass is 9.93. The topological polar surface area (TPSA) is 82.2 Å². The second-order valence-corrected chi connectivity index (χ2v) is 5.49. The van der Waals surface area contributed by atoms with Crippen LogP contribution in [0.15, 0.2) is 36.5 Å². The Balaban J connectivity index is 2.16. The van der Waals surface area contributed by atoms with E-state index in [1.54, 1.807) is 24.1 Å². The summed E-state index contributed by atoms with van der Waals surface area (Å²) < 4.78 is 6.80. The van der Waals surface area contributed by atoms with E-state index in [1.165, 1.54) is 0 Å². The van der Waals surface area contributed by atoms with E-state index >= 15 is 0 Å². The van der Waals surface area contributed by atoms with Crippen LogP contribution in [0.2, 0.25) is 0 Å². The fraction of sp³-hybridized carbons (Fsp3) is 0.412. The summed E-state index contributed by atoms with van der Waals surface area (Å²) in [5.41, 5.74) is 6.69. The zero-order valence-electron chi connectivity index (χ0n) is 13.9. The van der Waals surface area contributed by atoms with Crippen molar-refractivity contribution in [1.82, 2.24) is 15.1 Å². The summed E-state index contributed by atoms with van der Waals surface area (Å²) in [7, 11) is 1.62. The first-order chi connectivity index (χ1) is 11.1. The van der Waals surface area contributed by atoms with Gasteiger partial charge in [0.1, 0.15) is 5.75 Å². The summed E-state index contributed by atoms with van der Waals surface area (Å²) in [6.07, 6.45) is 3.33. The van der Waals surface area contributed by atoms with Crippen LogP contribution < -0.4 is 15.8 Å². The molecule has 0 radical (unpaired) electrons. The fourth-order valence-electron chi connectivity index (χ4n) is 2.40. The molecule has 1 heterocycles. The Kier molecular flexibility index (Phi) is 5.39. The van der Waals surface area contributed by atoms with E-state index in [2.05, 4.69) is 10.4 Å². The number of carbonyl (C=O) groups is 1. The molecular formula is C17H24N4O2. The van der Waals surface area contributed by atoms with Crippen molar-refractivity contribution in [3.05, 3.63) is 42.2 Å². The summed E-state index contributed by atoms with van der Waals surface area (Å²) in [6.45, 7) is 4.45. The third-order valence-electron chi connectivity index (χ3n) is 4.28. The maximum Gasteiger partial charge on any atom is 0.272 e. The highest BCUT2D eigenvalue weighted by Crippen LogP contribution is 2.16. The van der Waals surface area contributed by atoms with E-state index in [9.17, 15) is 4.79 Å². The highest BCUT2D eigenvalue weighted by molar-refractivity contribution is 5.92.